The molecule has 26 heavy (non-hydrogen) atoms. The number of carbonyl (C=O) groups is 3. The summed E-state index contributed by atoms with van der Waals surface area (Å²) in [7, 11) is 0. The van der Waals surface area contributed by atoms with Gasteiger partial charge in [0, 0.05) is 6.54 Å². The average Bonchev–Trinajstić information content (AvgIpc) is 2.88. The molecule has 0 saturated carbocycles. The zero-order valence-electron chi connectivity index (χ0n) is 13.6. The maximum Gasteiger partial charge on any atom is 0.326 e. The Morgan fingerprint density at radius 3 is 2.77 bits per heavy atom. The number of aliphatic hydroxyl groups excluding tert-OH is 3. The lowest BCUT2D eigenvalue weighted by atomic mass is 10.1. The number of carbonyl (C=O) groups excluding carboxylic acids is 3. The van der Waals surface area contributed by atoms with Crippen LogP contribution in [0, 0.1) is 17.8 Å². The van der Waals surface area contributed by atoms with Gasteiger partial charge in [0.25, 0.3) is 0 Å². The van der Waals surface area contributed by atoms with E-state index in [1.54, 1.807) is 0 Å². The SMILES string of the molecule is NOCC(=O)NCC#CC1CN(C2OC(CO)C(O)C2O)C(=O)NC1=O. The van der Waals surface area contributed by atoms with Crippen LogP contribution in [0.15, 0.2) is 0 Å². The van der Waals surface area contributed by atoms with Crippen LogP contribution in [0.5, 0.6) is 0 Å². The summed E-state index contributed by atoms with van der Waals surface area (Å²) in [6.07, 6.45) is -5.11. The van der Waals surface area contributed by atoms with Crippen LogP contribution in [0.25, 0.3) is 0 Å². The van der Waals surface area contributed by atoms with E-state index in [2.05, 4.69) is 27.3 Å². The second-order valence-corrected chi connectivity index (χ2v) is 5.64. The summed E-state index contributed by atoms with van der Waals surface area (Å²) in [5.41, 5.74) is 0. The van der Waals surface area contributed by atoms with Crippen molar-refractivity contribution >= 4 is 17.8 Å². The van der Waals surface area contributed by atoms with Crippen molar-refractivity contribution in [3.8, 4) is 11.8 Å². The number of rotatable bonds is 5. The van der Waals surface area contributed by atoms with Gasteiger partial charge in [0.2, 0.25) is 11.8 Å². The van der Waals surface area contributed by atoms with Crippen molar-refractivity contribution in [1.29, 1.82) is 0 Å². The Balaban J connectivity index is 2.00. The summed E-state index contributed by atoms with van der Waals surface area (Å²) in [4.78, 5) is 40.2. The van der Waals surface area contributed by atoms with Gasteiger partial charge in [0.1, 0.15) is 30.8 Å². The van der Waals surface area contributed by atoms with Gasteiger partial charge in [0.15, 0.2) is 6.23 Å². The molecule has 5 unspecified atom stereocenters. The third-order valence-corrected chi connectivity index (χ3v) is 3.88. The van der Waals surface area contributed by atoms with E-state index >= 15 is 0 Å². The lowest BCUT2D eigenvalue weighted by molar-refractivity contribution is -0.129. The summed E-state index contributed by atoms with van der Waals surface area (Å²) >= 11 is 0. The van der Waals surface area contributed by atoms with Crippen molar-refractivity contribution in [3.05, 3.63) is 0 Å². The van der Waals surface area contributed by atoms with Gasteiger partial charge in [0.05, 0.1) is 13.2 Å². The first-order chi connectivity index (χ1) is 12.4. The van der Waals surface area contributed by atoms with Gasteiger partial charge in [-0.3, -0.25) is 24.6 Å². The van der Waals surface area contributed by atoms with Gasteiger partial charge >= 0.3 is 6.03 Å². The van der Waals surface area contributed by atoms with Crippen LogP contribution >= 0.6 is 0 Å². The lowest BCUT2D eigenvalue weighted by Crippen LogP contribution is -2.59. The molecule has 5 atom stereocenters. The van der Waals surface area contributed by atoms with Crippen LogP contribution in [0.4, 0.5) is 4.79 Å². The molecule has 0 radical (unpaired) electrons. The highest BCUT2D eigenvalue weighted by molar-refractivity contribution is 5.99. The molecule has 2 heterocycles. The van der Waals surface area contributed by atoms with E-state index in [1.165, 1.54) is 0 Å². The topological polar surface area (TPSA) is 184 Å². The van der Waals surface area contributed by atoms with Crippen molar-refractivity contribution in [1.82, 2.24) is 15.5 Å². The predicted octanol–water partition coefficient (Wildman–Crippen LogP) is -4.40. The molecule has 0 aromatic carbocycles. The van der Waals surface area contributed by atoms with Crippen molar-refractivity contribution in [2.45, 2.75) is 24.5 Å². The third-order valence-electron chi connectivity index (χ3n) is 3.88. The highest BCUT2D eigenvalue weighted by Gasteiger charge is 2.48. The second-order valence-electron chi connectivity index (χ2n) is 5.64. The van der Waals surface area contributed by atoms with E-state index in [0.717, 1.165) is 4.90 Å². The fourth-order valence-electron chi connectivity index (χ4n) is 2.54. The van der Waals surface area contributed by atoms with Crippen LogP contribution < -0.4 is 16.5 Å². The Labute approximate surface area is 148 Å². The molecule has 12 nitrogen and oxygen atoms in total. The first-order valence-electron chi connectivity index (χ1n) is 7.69. The molecule has 2 aliphatic heterocycles. The van der Waals surface area contributed by atoms with E-state index in [-0.39, 0.29) is 19.7 Å². The van der Waals surface area contributed by atoms with E-state index in [4.69, 9.17) is 15.7 Å². The van der Waals surface area contributed by atoms with Gasteiger partial charge < -0.3 is 25.4 Å². The first kappa shape index (κ1) is 20.0. The molecule has 4 amide bonds. The zero-order valence-corrected chi connectivity index (χ0v) is 13.6. The maximum atomic E-state index is 12.0. The molecule has 144 valence electrons. The van der Waals surface area contributed by atoms with Crippen molar-refractivity contribution in [2.75, 3.05) is 26.3 Å². The molecule has 0 spiro atoms. The Bertz CT molecular complexity index is 618. The molecule has 0 bridgehead atoms. The lowest BCUT2D eigenvalue weighted by Gasteiger charge is -2.35. The molecule has 12 heteroatoms. The molecular weight excluding hydrogens is 352 g/mol. The van der Waals surface area contributed by atoms with E-state index in [9.17, 15) is 24.6 Å². The highest BCUT2D eigenvalue weighted by atomic mass is 16.6. The quantitative estimate of drug-likeness (QED) is 0.205. The number of aliphatic hydroxyl groups is 3. The van der Waals surface area contributed by atoms with Gasteiger partial charge in [-0.1, -0.05) is 11.8 Å². The Morgan fingerprint density at radius 1 is 1.42 bits per heavy atom. The van der Waals surface area contributed by atoms with Crippen LogP contribution in [-0.2, 0) is 19.2 Å². The number of nitrogens with one attached hydrogen (secondary N) is 2. The highest BCUT2D eigenvalue weighted by Crippen LogP contribution is 2.26. The summed E-state index contributed by atoms with van der Waals surface area (Å²) in [6.45, 7) is -1.13. The Morgan fingerprint density at radius 2 is 2.15 bits per heavy atom. The van der Waals surface area contributed by atoms with Gasteiger partial charge in [-0.15, -0.1) is 0 Å². The van der Waals surface area contributed by atoms with Crippen LogP contribution in [0.1, 0.15) is 0 Å². The second kappa shape index (κ2) is 8.90. The number of imide groups is 1. The van der Waals surface area contributed by atoms with Gasteiger partial charge in [-0.25, -0.2) is 10.7 Å². The summed E-state index contributed by atoms with van der Waals surface area (Å²) < 4.78 is 5.29. The zero-order chi connectivity index (χ0) is 19.3. The van der Waals surface area contributed by atoms with Crippen LogP contribution in [-0.4, -0.2) is 88.9 Å². The van der Waals surface area contributed by atoms with E-state index < -0.39 is 54.9 Å². The minimum atomic E-state index is -1.45. The number of amides is 4. The number of hydrogen-bond donors (Lipinski definition) is 6. The fourth-order valence-corrected chi connectivity index (χ4v) is 2.54. The molecule has 0 aromatic rings. The van der Waals surface area contributed by atoms with Crippen LogP contribution in [0.3, 0.4) is 0 Å². The van der Waals surface area contributed by atoms with Crippen molar-refractivity contribution < 1.29 is 39.3 Å². The number of hydrogen-bond acceptors (Lipinski definition) is 9. The molecule has 0 aromatic heterocycles. The van der Waals surface area contributed by atoms with E-state index in [0.29, 0.717) is 0 Å². The molecule has 7 N–H and O–H groups in total. The minimum Gasteiger partial charge on any atom is -0.394 e. The van der Waals surface area contributed by atoms with Crippen molar-refractivity contribution in [2.24, 2.45) is 11.8 Å². The van der Waals surface area contributed by atoms with E-state index in [1.807, 2.05) is 0 Å². The molecule has 2 saturated heterocycles. The molecule has 2 fully saturated rings. The minimum absolute atomic E-state index is 0.0617. The maximum absolute atomic E-state index is 12.0. The Kier molecular flexibility index (Phi) is 6.86. The fraction of sp³-hybridized carbons (Fsp3) is 0.643. The van der Waals surface area contributed by atoms with Gasteiger partial charge in [-0.05, 0) is 0 Å². The number of nitrogens with two attached hydrogens (primary N) is 1. The average molecular weight is 372 g/mol. The monoisotopic (exact) mass is 372 g/mol. The summed E-state index contributed by atoms with van der Waals surface area (Å²) in [5.74, 6) is 7.86. The molecule has 2 aliphatic rings. The number of ether oxygens (including phenoxy) is 1. The number of nitrogens with zero attached hydrogens (tertiary/aromatic N) is 1. The van der Waals surface area contributed by atoms with Gasteiger partial charge in [-0.2, -0.15) is 0 Å². The molecule has 0 aliphatic carbocycles. The summed E-state index contributed by atoms with van der Waals surface area (Å²) in [6, 6.07) is -0.809. The third kappa shape index (κ3) is 4.47. The smallest absolute Gasteiger partial charge is 0.326 e. The standard InChI is InChI=1S/C14H20N4O8/c15-25-6-9(20)16-3-1-2-7-4-18(14(24)17-12(7)23)13-11(22)10(21)8(5-19)26-13/h7-8,10-11,13,19,21-22H,3-6,15H2,(H,16,20)(H,17,23,24). The van der Waals surface area contributed by atoms with Crippen molar-refractivity contribution in [3.63, 3.8) is 0 Å². The van der Waals surface area contributed by atoms with Crippen LogP contribution in [0.2, 0.25) is 0 Å². The molecular formula is C14H20N4O8. The summed E-state index contributed by atoms with van der Waals surface area (Å²) in [5, 5.41) is 33.4. The Hall–Kier alpha value is -2.27. The molecule has 2 rings (SSSR count). The first-order valence-corrected chi connectivity index (χ1v) is 7.69. The number of urea groups is 1. The normalized spacial score (nSPS) is 31.2. The predicted molar refractivity (Wildman–Crippen MR) is 82.4 cm³/mol. The largest absolute Gasteiger partial charge is 0.394 e.